The summed E-state index contributed by atoms with van der Waals surface area (Å²) >= 11 is 28.9. The predicted octanol–water partition coefficient (Wildman–Crippen LogP) is 17.6. The van der Waals surface area contributed by atoms with Gasteiger partial charge in [0.15, 0.2) is 17.5 Å². The van der Waals surface area contributed by atoms with Crippen molar-refractivity contribution in [1.82, 2.24) is 29.5 Å². The van der Waals surface area contributed by atoms with Gasteiger partial charge in [-0.2, -0.15) is 36.4 Å². The zero-order valence-electron chi connectivity index (χ0n) is 75.3. The number of ether oxygens (including phenoxy) is 2. The lowest BCUT2D eigenvalue weighted by Crippen LogP contribution is -2.38. The lowest BCUT2D eigenvalue weighted by atomic mass is 10.2. The molecule has 11 rings (SSSR count). The molecule has 8 aromatic carbocycles. The number of nitro benzene ring substituents is 4. The summed E-state index contributed by atoms with van der Waals surface area (Å²) < 4.78 is 69.7. The van der Waals surface area contributed by atoms with Crippen molar-refractivity contribution < 1.29 is 65.5 Å². The molecule has 11 aromatic rings. The van der Waals surface area contributed by atoms with Crippen LogP contribution in [0, 0.1) is 65.1 Å². The van der Waals surface area contributed by atoms with E-state index in [0.717, 1.165) is 30.0 Å². The fourth-order valence-corrected chi connectivity index (χ4v) is 17.6. The number of hydrogen-bond donors (Lipinski definition) is 3. The highest BCUT2D eigenvalue weighted by atomic mass is 35.5. The summed E-state index contributed by atoms with van der Waals surface area (Å²) in [7, 11) is -10.2. The van der Waals surface area contributed by atoms with Crippen molar-refractivity contribution in [2.75, 3.05) is 88.1 Å². The molecule has 3 heterocycles. The van der Waals surface area contributed by atoms with Crippen molar-refractivity contribution in [3.63, 3.8) is 0 Å². The third-order valence-corrected chi connectivity index (χ3v) is 24.9. The molecule has 0 aliphatic carbocycles. The third-order valence-electron chi connectivity index (χ3n) is 17.8. The number of anilines is 6. The van der Waals surface area contributed by atoms with E-state index in [1.165, 1.54) is 51.6 Å². The normalized spacial score (nSPS) is 11.3. The number of amides is 2. The van der Waals surface area contributed by atoms with Gasteiger partial charge in [-0.3, -0.25) is 69.4 Å². The Bertz CT molecular complexity index is 6260. The smallest absolute Gasteiger partial charge is 0.344 e. The van der Waals surface area contributed by atoms with E-state index < -0.39 is 117 Å². The molecule has 38 nitrogen and oxygen atoms in total. The molecule has 0 aliphatic heterocycles. The highest BCUT2D eigenvalue weighted by Gasteiger charge is 2.36. The zero-order valence-corrected chi connectivity index (χ0v) is 82.4. The number of aliphatic carboxylic acids is 1. The van der Waals surface area contributed by atoms with Crippen LogP contribution in [0.4, 0.5) is 56.9 Å². The Labute approximate surface area is 814 Å². The van der Waals surface area contributed by atoms with Crippen LogP contribution in [0.3, 0.4) is 0 Å². The van der Waals surface area contributed by atoms with Crippen molar-refractivity contribution in [3.05, 3.63) is 282 Å². The first-order valence-electron chi connectivity index (χ1n) is 40.5. The molecule has 0 saturated heterocycles. The highest BCUT2D eigenvalue weighted by Crippen LogP contribution is 2.43. The minimum Gasteiger partial charge on any atom is -0.479 e. The predicted molar refractivity (Wildman–Crippen MR) is 536 cm³/mol. The number of terminal acetylenes is 2. The number of nitrogens with zero attached hydrogens (tertiary/aromatic N) is 16. The van der Waals surface area contributed by atoms with Gasteiger partial charge in [-0.1, -0.05) is 174 Å². The number of halogens is 5. The average Bonchev–Trinajstić information content (AvgIpc) is 0.773. The van der Waals surface area contributed by atoms with Crippen LogP contribution in [0.1, 0.15) is 81.1 Å². The number of fused-ring (bicyclic) bond motifs is 1. The first kappa shape index (κ1) is 113. The molecule has 47 heteroatoms. The molecule has 3 atom stereocenters. The van der Waals surface area contributed by atoms with E-state index in [1.54, 1.807) is 128 Å². The van der Waals surface area contributed by atoms with Crippen molar-refractivity contribution in [2.24, 2.45) is 7.54 Å². The molecule has 0 spiro atoms. The number of rotatable bonds is 30. The maximum atomic E-state index is 12.3. The molecule has 0 saturated carbocycles. The second-order valence-corrected chi connectivity index (χ2v) is 37.5. The van der Waals surface area contributed by atoms with Gasteiger partial charge in [0.05, 0.1) is 94.9 Å². The van der Waals surface area contributed by atoms with Gasteiger partial charge in [-0.05, 0) is 162 Å². The molecule has 3 aromatic heterocycles. The Balaban J connectivity index is 0.000000284. The number of nitrogens with two attached hydrogens (primary N) is 2. The molecule has 136 heavy (non-hydrogen) atoms. The van der Waals surface area contributed by atoms with E-state index in [2.05, 4.69) is 39.5 Å². The van der Waals surface area contributed by atoms with E-state index in [4.69, 9.17) is 96.9 Å². The van der Waals surface area contributed by atoms with E-state index >= 15 is 0 Å². The minimum atomic E-state index is -4.23. The number of carbonyl (C=O) groups is 3. The van der Waals surface area contributed by atoms with E-state index in [-0.39, 0.29) is 62.6 Å². The zero-order chi connectivity index (χ0) is 102. The summed E-state index contributed by atoms with van der Waals surface area (Å²) in [6.45, 7) is 15.4. The van der Waals surface area contributed by atoms with Crippen molar-refractivity contribution in [3.8, 4) is 53.4 Å². The van der Waals surface area contributed by atoms with E-state index in [0.29, 0.717) is 107 Å². The van der Waals surface area contributed by atoms with Gasteiger partial charge in [0, 0.05) is 68.1 Å². The van der Waals surface area contributed by atoms with Crippen LogP contribution >= 0.6 is 58.0 Å². The van der Waals surface area contributed by atoms with Crippen LogP contribution in [-0.4, -0.2) is 164 Å². The summed E-state index contributed by atoms with van der Waals surface area (Å²) in [6.07, 6.45) is 22.6. The lowest BCUT2D eigenvalue weighted by molar-refractivity contribution is -0.393. The molecule has 5 N–H and O–H groups in total. The number of sulfonamides is 2. The number of carboxylic acid groups (broad SMARTS) is 1. The van der Waals surface area contributed by atoms with Crippen molar-refractivity contribution in [2.45, 2.75) is 109 Å². The van der Waals surface area contributed by atoms with Crippen LogP contribution in [-0.2, 0) is 55.8 Å². The van der Waals surface area contributed by atoms with Crippen LogP contribution < -0.4 is 51.7 Å². The summed E-state index contributed by atoms with van der Waals surface area (Å²) in [4.78, 5) is 114. The highest BCUT2D eigenvalue weighted by molar-refractivity contribution is 8.00. The quantitative estimate of drug-likeness (QED) is 0.0163. The monoisotopic (exact) mass is 2040 g/mol. The largest absolute Gasteiger partial charge is 0.479 e. The van der Waals surface area contributed by atoms with Crippen molar-refractivity contribution in [1.29, 1.82) is 0 Å². The van der Waals surface area contributed by atoms with Crippen LogP contribution in [0.15, 0.2) is 227 Å². The number of carbonyl (C=O) groups excluding carboxylic acids is 2. The standard InChI is InChI=1S/C17H13ClN2O4.2C14H22N4O6S2.2C12H12ClNO.2C10H8ClN3O/c1-10(17(21)22)23-12-3-5-13(6-4-12)24-16-9-19-15-8-11(18)2-7-14(15)20-16;2*1-5-7-16(8-6-2)14-12(17(19)20)9-11(10-13(14)18(21)22)26(23,24)15-25(3)4;1-4-9(2)14(10(3)15)12-8-6-5-7-11(12)13;1-3-10(2)14(12(15)9-13)11-7-5-4-6-8-11;2*11-9-8(12)6-13-14(10(9)15)7-4-2-1-3-5-7/h2-10H,1H3,(H,21,22);2*9-10H,5-8H2,1-4H3;1,5-9H,2-3H3;1,4-8,10H,9H2,2H3;2*1-6H,12H2. The maximum absolute atomic E-state index is 12.3. The molecule has 2 amide bonds. The SMILES string of the molecule is C#CC(C)N(C(=O)CCl)c1ccccc1.C#CC(C)N(C(C)=O)c1ccccc1Cl.CC(Oc1ccc(Oc2cnc3cc(Cl)ccc3n2)cc1)C(=O)O.CCCN(CCC)c1c([N+](=O)[O-])cc(S(=O)(=O)N=S(C)C)cc1[N+](=O)[O-].CCCN(CCC)c1c([N+](=O)[O-])cc(S(=O)(=O)N=S(C)C)cc1[N+](=O)[O-].Nc1cnn(-c2ccccc2)c(=O)c1Cl.Nc1cnn(-c2ccccc2)c(=O)c1Cl. The fourth-order valence-electron chi connectivity index (χ4n) is 11.9. The second kappa shape index (κ2) is 54.7. The van der Waals surface area contributed by atoms with Crippen LogP contribution in [0.5, 0.6) is 17.4 Å². The first-order chi connectivity index (χ1) is 64.3. The Hall–Kier alpha value is -13.6. The van der Waals surface area contributed by atoms with Gasteiger partial charge >= 0.3 is 28.7 Å². The van der Waals surface area contributed by atoms with Gasteiger partial charge in [0.25, 0.3) is 31.2 Å². The summed E-state index contributed by atoms with van der Waals surface area (Å²) in [5.74, 6) is 4.97. The Morgan fingerprint density at radius 3 is 1.27 bits per heavy atom. The van der Waals surface area contributed by atoms with E-state index in [1.807, 2.05) is 107 Å². The number of hydrogen-bond acceptors (Lipinski definition) is 27. The molecular weight excluding hydrogens is 1950 g/mol. The topological polar surface area (TPSA) is 516 Å². The van der Waals surface area contributed by atoms with Gasteiger partial charge in [0.2, 0.25) is 17.7 Å². The molecule has 3 unspecified atom stereocenters. The molecule has 722 valence electrons. The minimum absolute atomic E-state index is 0.00569. The van der Waals surface area contributed by atoms with Crippen LogP contribution in [0.2, 0.25) is 20.1 Å². The Morgan fingerprint density at radius 1 is 0.544 bits per heavy atom. The van der Waals surface area contributed by atoms with Crippen molar-refractivity contribution >= 4 is 185 Å². The number of carboxylic acids is 1. The lowest BCUT2D eigenvalue weighted by Gasteiger charge is -2.25. The van der Waals surface area contributed by atoms with Gasteiger partial charge in [-0.15, -0.1) is 32.0 Å². The number of alkyl halides is 1. The van der Waals surface area contributed by atoms with Gasteiger partial charge in [0.1, 0.15) is 37.2 Å². The number of aromatic nitrogens is 6. The number of nitro groups is 4. The maximum Gasteiger partial charge on any atom is 0.344 e. The number of nitrogen functional groups attached to an aromatic ring is 2. The number of benzene rings is 8. The summed E-state index contributed by atoms with van der Waals surface area (Å²) in [5.41, 5.74) is 11.8. The van der Waals surface area contributed by atoms with E-state index in [9.17, 15) is 81.3 Å². The first-order valence-corrected chi connectivity index (χ1v) is 49.4. The average molecular weight is 2040 g/mol. The summed E-state index contributed by atoms with van der Waals surface area (Å²) in [6, 6.07) is 49.0. The molecule has 0 fully saturated rings. The number of para-hydroxylation sites is 4. The second-order valence-electron chi connectivity index (χ2n) is 28.5. The van der Waals surface area contributed by atoms with Crippen LogP contribution in [0.25, 0.3) is 22.4 Å². The third kappa shape index (κ3) is 33.2. The molecule has 0 aliphatic rings. The fraction of sp³-hybridized carbons (Fsp3) is 0.270. The molecular formula is C89H97Cl5N18O20S4. The Kier molecular flexibility index (Phi) is 45.4. The van der Waals surface area contributed by atoms with Gasteiger partial charge in [-0.25, -0.2) is 14.8 Å². The molecule has 0 bridgehead atoms. The van der Waals surface area contributed by atoms with Gasteiger partial charge < -0.3 is 35.8 Å². The Morgan fingerprint density at radius 2 is 0.919 bits per heavy atom. The molecule has 0 radical (unpaired) electrons. The summed E-state index contributed by atoms with van der Waals surface area (Å²) in [5, 5.41) is 63.9.